The van der Waals surface area contributed by atoms with E-state index in [2.05, 4.69) is 11.8 Å². The van der Waals surface area contributed by atoms with Gasteiger partial charge in [0.05, 0.1) is 23.0 Å². The number of carbonyl (C=O) groups is 1. The van der Waals surface area contributed by atoms with Gasteiger partial charge >= 0.3 is 5.97 Å². The predicted octanol–water partition coefficient (Wildman–Crippen LogP) is 8.69. The van der Waals surface area contributed by atoms with Gasteiger partial charge in [0.1, 0.15) is 11.5 Å². The molecule has 3 aliphatic heterocycles. The highest BCUT2D eigenvalue weighted by Crippen LogP contribution is 2.42. The van der Waals surface area contributed by atoms with Gasteiger partial charge in [-0.15, -0.1) is 0 Å². The predicted molar refractivity (Wildman–Crippen MR) is 186 cm³/mol. The van der Waals surface area contributed by atoms with Crippen molar-refractivity contribution in [2.24, 2.45) is 0 Å². The maximum atomic E-state index is 15.3. The van der Waals surface area contributed by atoms with E-state index in [-0.39, 0.29) is 17.5 Å². The fourth-order valence-corrected chi connectivity index (χ4v) is 6.99. The second kappa shape index (κ2) is 13.2. The van der Waals surface area contributed by atoms with Crippen LogP contribution in [0.1, 0.15) is 89.5 Å². The average molecular weight is 658 g/mol. The number of para-hydroxylation sites is 1. The summed E-state index contributed by atoms with van der Waals surface area (Å²) in [5, 5.41) is 10.6. The molecule has 256 valence electrons. The maximum Gasteiger partial charge on any atom is 0.337 e. The van der Waals surface area contributed by atoms with Gasteiger partial charge in [0, 0.05) is 42.6 Å². The van der Waals surface area contributed by atoms with Crippen LogP contribution in [0.5, 0.6) is 5.75 Å². The van der Waals surface area contributed by atoms with Gasteiger partial charge in [-0.2, -0.15) is 0 Å². The largest absolute Gasteiger partial charge is 0.487 e. The minimum Gasteiger partial charge on any atom is -0.487 e. The molecule has 9 heteroatoms. The standard InChI is InChI=1S/C39H48FN3O5/c1-24-12-8-9-21-46-39(7)17-19-42(20-18-39)36-32(34(37(44)45)48-38(4,5)6)25(2)26(3)35-41-31(23-43(35)36)28-14-10-13-27(22-28)29-15-11-16-30(40)33(29)47-24/h10-11,13-16,22-24,34H,8-9,12,17-21H2,1-7H3,(H,44,45)/t24-,34-/m0/s1. The van der Waals surface area contributed by atoms with Crippen LogP contribution in [-0.4, -0.2) is 57.5 Å². The molecule has 2 atom stereocenters. The summed E-state index contributed by atoms with van der Waals surface area (Å²) in [4.78, 5) is 20.4. The lowest BCUT2D eigenvalue weighted by atomic mass is 9.92. The molecule has 6 bridgehead atoms. The van der Waals surface area contributed by atoms with Gasteiger partial charge in [-0.25, -0.2) is 14.2 Å². The van der Waals surface area contributed by atoms with Crippen LogP contribution in [-0.2, 0) is 14.3 Å². The van der Waals surface area contributed by atoms with E-state index in [1.54, 1.807) is 6.07 Å². The third-order valence-electron chi connectivity index (χ3n) is 9.77. The third kappa shape index (κ3) is 6.80. The van der Waals surface area contributed by atoms with Crippen LogP contribution in [0.2, 0.25) is 0 Å². The van der Waals surface area contributed by atoms with Crippen LogP contribution < -0.4 is 9.64 Å². The number of fused-ring (bicyclic) bond motifs is 8. The number of pyridine rings is 1. The summed E-state index contributed by atoms with van der Waals surface area (Å²) in [7, 11) is 0. The van der Waals surface area contributed by atoms with Gasteiger partial charge < -0.3 is 24.2 Å². The van der Waals surface area contributed by atoms with Crippen molar-refractivity contribution in [3.8, 4) is 28.1 Å². The highest BCUT2D eigenvalue weighted by molar-refractivity contribution is 5.81. The van der Waals surface area contributed by atoms with Crippen LogP contribution in [0.4, 0.5) is 10.2 Å². The summed E-state index contributed by atoms with van der Waals surface area (Å²) >= 11 is 0. The SMILES string of the molecule is Cc1c([C@H](OC(C)(C)C)C(=O)O)c2n3cc(nc3c1C)-c1cccc(c1)-c1cccc(F)c1O[C@@H](C)CCCCOC1(C)CCN2CC1. The van der Waals surface area contributed by atoms with Crippen LogP contribution in [0.15, 0.2) is 48.7 Å². The van der Waals surface area contributed by atoms with Crippen LogP contribution >= 0.6 is 0 Å². The number of hydrogen-bond donors (Lipinski definition) is 1. The number of benzene rings is 2. The lowest BCUT2D eigenvalue weighted by molar-refractivity contribution is -0.160. The first kappa shape index (κ1) is 33.9. The Morgan fingerprint density at radius 1 is 1.08 bits per heavy atom. The number of aromatic nitrogens is 2. The summed E-state index contributed by atoms with van der Waals surface area (Å²) < 4.78 is 36.4. The number of carboxylic acid groups (broad SMARTS) is 1. The Hall–Kier alpha value is -3.95. The van der Waals surface area contributed by atoms with Gasteiger partial charge in [0.2, 0.25) is 0 Å². The highest BCUT2D eigenvalue weighted by atomic mass is 19.1. The number of aryl methyl sites for hydroxylation is 1. The van der Waals surface area contributed by atoms with E-state index in [1.165, 1.54) is 6.07 Å². The lowest BCUT2D eigenvalue weighted by Crippen LogP contribution is -2.45. The van der Waals surface area contributed by atoms with Crippen molar-refractivity contribution in [2.75, 3.05) is 24.6 Å². The molecule has 1 fully saturated rings. The number of halogens is 1. The minimum absolute atomic E-state index is 0.164. The Morgan fingerprint density at radius 2 is 1.79 bits per heavy atom. The Morgan fingerprint density at radius 3 is 2.50 bits per heavy atom. The fraction of sp³-hybridized carbons (Fsp3) is 0.487. The zero-order valence-electron chi connectivity index (χ0n) is 29.2. The molecule has 0 saturated carbocycles. The first-order valence-corrected chi connectivity index (χ1v) is 17.1. The van der Waals surface area contributed by atoms with Crippen LogP contribution in [0, 0.1) is 19.7 Å². The first-order chi connectivity index (χ1) is 22.7. The molecule has 2 aromatic carbocycles. The van der Waals surface area contributed by atoms with E-state index < -0.39 is 23.5 Å². The molecule has 1 saturated heterocycles. The normalized spacial score (nSPS) is 21.2. The summed E-state index contributed by atoms with van der Waals surface area (Å²) in [6.07, 6.45) is 4.79. The number of imidazole rings is 1. The van der Waals surface area contributed by atoms with E-state index in [4.69, 9.17) is 19.2 Å². The molecule has 0 amide bonds. The highest BCUT2D eigenvalue weighted by Gasteiger charge is 2.38. The zero-order chi connectivity index (χ0) is 34.4. The van der Waals surface area contributed by atoms with Crippen LogP contribution in [0.3, 0.4) is 0 Å². The monoisotopic (exact) mass is 657 g/mol. The maximum absolute atomic E-state index is 15.3. The lowest BCUT2D eigenvalue weighted by Gasteiger charge is -2.42. The van der Waals surface area contributed by atoms with E-state index in [1.807, 2.05) is 82.5 Å². The van der Waals surface area contributed by atoms with Crippen molar-refractivity contribution >= 4 is 17.4 Å². The fourth-order valence-electron chi connectivity index (χ4n) is 6.99. The van der Waals surface area contributed by atoms with E-state index in [0.717, 1.165) is 71.5 Å². The number of aliphatic carboxylic acids is 1. The molecule has 0 spiro atoms. The number of rotatable bonds is 3. The average Bonchev–Trinajstić information content (AvgIpc) is 3.48. The van der Waals surface area contributed by atoms with E-state index in [9.17, 15) is 9.90 Å². The molecule has 0 aliphatic carbocycles. The van der Waals surface area contributed by atoms with Crippen molar-refractivity contribution < 1.29 is 28.5 Å². The third-order valence-corrected chi connectivity index (χ3v) is 9.77. The Labute approximate surface area is 282 Å². The summed E-state index contributed by atoms with van der Waals surface area (Å²) in [5.74, 6) is -0.395. The van der Waals surface area contributed by atoms with Gasteiger partial charge in [-0.3, -0.25) is 4.40 Å². The molecule has 4 aromatic rings. The molecular formula is C39H48FN3O5. The van der Waals surface area contributed by atoms with E-state index in [0.29, 0.717) is 30.8 Å². The molecule has 5 heterocycles. The van der Waals surface area contributed by atoms with E-state index >= 15 is 4.39 Å². The summed E-state index contributed by atoms with van der Waals surface area (Å²) in [6, 6.07) is 12.9. The van der Waals surface area contributed by atoms with Gasteiger partial charge in [0.15, 0.2) is 17.7 Å². The topological polar surface area (TPSA) is 85.5 Å². The smallest absolute Gasteiger partial charge is 0.337 e. The molecule has 0 unspecified atom stereocenters. The number of carboxylic acids is 1. The van der Waals surface area contributed by atoms with Crippen molar-refractivity contribution in [3.05, 3.63) is 71.2 Å². The van der Waals surface area contributed by atoms with Gasteiger partial charge in [0.25, 0.3) is 0 Å². The van der Waals surface area contributed by atoms with Crippen LogP contribution in [0.25, 0.3) is 28.0 Å². The molecule has 2 aromatic heterocycles. The Kier molecular flexibility index (Phi) is 9.30. The zero-order valence-corrected chi connectivity index (χ0v) is 29.2. The second-order valence-electron chi connectivity index (χ2n) is 14.7. The first-order valence-electron chi connectivity index (χ1n) is 17.1. The number of ether oxygens (including phenoxy) is 3. The number of piperidine rings is 1. The number of nitrogens with zero attached hydrogens (tertiary/aromatic N) is 3. The van der Waals surface area contributed by atoms with Crippen molar-refractivity contribution in [3.63, 3.8) is 0 Å². The van der Waals surface area contributed by atoms with Crippen molar-refractivity contribution in [1.29, 1.82) is 0 Å². The van der Waals surface area contributed by atoms with Crippen molar-refractivity contribution in [1.82, 2.24) is 9.38 Å². The van der Waals surface area contributed by atoms with Gasteiger partial charge in [-0.1, -0.05) is 30.3 Å². The molecular weight excluding hydrogens is 609 g/mol. The summed E-state index contributed by atoms with van der Waals surface area (Å²) in [6.45, 7) is 15.8. The molecule has 0 radical (unpaired) electrons. The molecule has 7 rings (SSSR count). The Balaban J connectivity index is 1.57. The minimum atomic E-state index is -1.18. The molecule has 3 aliphatic rings. The molecule has 48 heavy (non-hydrogen) atoms. The molecule has 8 nitrogen and oxygen atoms in total. The number of hydrogen-bond acceptors (Lipinski definition) is 6. The summed E-state index contributed by atoms with van der Waals surface area (Å²) in [5.41, 5.74) is 5.24. The second-order valence-corrected chi connectivity index (χ2v) is 14.7. The van der Waals surface area contributed by atoms with Gasteiger partial charge in [-0.05, 0) is 109 Å². The molecule has 1 N–H and O–H groups in total. The number of anilines is 1. The quantitative estimate of drug-likeness (QED) is 0.236. The Bertz CT molecular complexity index is 1820. The van der Waals surface area contributed by atoms with Crippen molar-refractivity contribution in [2.45, 2.75) is 104 Å².